The molecule has 8 heteroatoms. The Kier molecular flexibility index (Phi) is 5.99. The van der Waals surface area contributed by atoms with Gasteiger partial charge in [0.2, 0.25) is 5.95 Å². The van der Waals surface area contributed by atoms with Gasteiger partial charge in [-0.3, -0.25) is 0 Å². The summed E-state index contributed by atoms with van der Waals surface area (Å²) in [6.45, 7) is 5.62. The van der Waals surface area contributed by atoms with Gasteiger partial charge in [0.05, 0.1) is 10.4 Å². The number of rotatable bonds is 6. The topological polar surface area (TPSA) is 108 Å². The zero-order valence-electron chi connectivity index (χ0n) is 20.0. The molecule has 7 nitrogen and oxygen atoms in total. The summed E-state index contributed by atoms with van der Waals surface area (Å²) in [6.07, 6.45) is 3.47. The van der Waals surface area contributed by atoms with E-state index in [4.69, 9.17) is 0 Å². The van der Waals surface area contributed by atoms with Gasteiger partial charge in [0.25, 0.3) is 0 Å². The number of hydrogen-bond acceptors (Lipinski definition) is 7. The van der Waals surface area contributed by atoms with Crippen molar-refractivity contribution >= 4 is 39.7 Å². The Balaban J connectivity index is 1.52. The molecule has 2 heterocycles. The van der Waals surface area contributed by atoms with Gasteiger partial charge in [-0.1, -0.05) is 36.4 Å². The molecule has 36 heavy (non-hydrogen) atoms. The molecule has 1 unspecified atom stereocenters. The Morgan fingerprint density at radius 2 is 1.78 bits per heavy atom. The van der Waals surface area contributed by atoms with Crippen LogP contribution < -0.4 is 5.32 Å². The number of fused-ring (bicyclic) bond motifs is 1. The van der Waals surface area contributed by atoms with Crippen LogP contribution >= 0.6 is 11.3 Å². The van der Waals surface area contributed by atoms with Crippen LogP contribution in [0.15, 0.2) is 73.1 Å². The molecular formula is C28H24N4O3S. The fourth-order valence-corrected chi connectivity index (χ4v) is 5.26. The molecule has 0 bridgehead atoms. The molecule has 0 saturated heterocycles. The van der Waals surface area contributed by atoms with Crippen LogP contribution in [0.4, 0.5) is 11.6 Å². The minimum Gasteiger partial charge on any atom is -0.478 e. The summed E-state index contributed by atoms with van der Waals surface area (Å²) < 4.78 is 0. The predicted molar refractivity (Wildman–Crippen MR) is 142 cm³/mol. The number of aromatic nitrogens is 3. The van der Waals surface area contributed by atoms with E-state index in [2.05, 4.69) is 26.3 Å². The Bertz CT molecular complexity index is 1610. The highest BCUT2D eigenvalue weighted by molar-refractivity contribution is 7.15. The number of benzene rings is 3. The van der Waals surface area contributed by atoms with Gasteiger partial charge in [0.15, 0.2) is 0 Å². The molecule has 0 saturated carbocycles. The van der Waals surface area contributed by atoms with Crippen LogP contribution in [0.3, 0.4) is 0 Å². The molecule has 0 aliphatic carbocycles. The largest absolute Gasteiger partial charge is 0.478 e. The van der Waals surface area contributed by atoms with Crippen molar-refractivity contribution in [3.63, 3.8) is 0 Å². The minimum absolute atomic E-state index is 0.197. The first-order chi connectivity index (χ1) is 17.2. The number of nitrogens with one attached hydrogen (secondary N) is 1. The average molecular weight is 497 g/mol. The molecule has 1 atom stereocenters. The van der Waals surface area contributed by atoms with E-state index in [9.17, 15) is 15.0 Å². The Morgan fingerprint density at radius 3 is 2.53 bits per heavy atom. The van der Waals surface area contributed by atoms with Gasteiger partial charge >= 0.3 is 5.97 Å². The van der Waals surface area contributed by atoms with Gasteiger partial charge in [-0.25, -0.2) is 19.7 Å². The monoisotopic (exact) mass is 496 g/mol. The first-order valence-corrected chi connectivity index (χ1v) is 12.2. The second-order valence-corrected chi connectivity index (χ2v) is 9.88. The van der Waals surface area contributed by atoms with Crippen molar-refractivity contribution < 1.29 is 15.0 Å². The van der Waals surface area contributed by atoms with Crippen molar-refractivity contribution in [3.05, 3.63) is 100 Å². The molecule has 5 rings (SSSR count). The normalized spacial score (nSPS) is 12.9. The maximum atomic E-state index is 11.7. The van der Waals surface area contributed by atoms with Crippen molar-refractivity contribution in [1.82, 2.24) is 15.0 Å². The van der Waals surface area contributed by atoms with Gasteiger partial charge in [-0.15, -0.1) is 11.3 Å². The molecule has 0 aliphatic rings. The highest BCUT2D eigenvalue weighted by atomic mass is 32.1. The lowest BCUT2D eigenvalue weighted by atomic mass is 9.89. The summed E-state index contributed by atoms with van der Waals surface area (Å²) >= 11 is 1.40. The first kappa shape index (κ1) is 23.6. The van der Waals surface area contributed by atoms with E-state index in [1.165, 1.54) is 17.4 Å². The van der Waals surface area contributed by atoms with E-state index in [1.807, 2.05) is 44.2 Å². The number of thiazole rings is 1. The van der Waals surface area contributed by atoms with E-state index >= 15 is 0 Å². The van der Waals surface area contributed by atoms with Gasteiger partial charge in [-0.05, 0) is 72.5 Å². The van der Waals surface area contributed by atoms with Gasteiger partial charge in [-0.2, -0.15) is 0 Å². The lowest BCUT2D eigenvalue weighted by Gasteiger charge is -2.23. The molecule has 0 aliphatic heterocycles. The van der Waals surface area contributed by atoms with E-state index in [-0.39, 0.29) is 5.56 Å². The van der Waals surface area contributed by atoms with Crippen LogP contribution in [0.5, 0.6) is 0 Å². The lowest BCUT2D eigenvalue weighted by Crippen LogP contribution is -2.23. The summed E-state index contributed by atoms with van der Waals surface area (Å²) in [6, 6.07) is 18.3. The summed E-state index contributed by atoms with van der Waals surface area (Å²) in [5.41, 5.74) is 3.12. The van der Waals surface area contributed by atoms with Crippen molar-refractivity contribution in [2.24, 2.45) is 0 Å². The molecule has 180 valence electrons. The van der Waals surface area contributed by atoms with Crippen LogP contribution in [-0.4, -0.2) is 31.1 Å². The van der Waals surface area contributed by atoms with Crippen molar-refractivity contribution in [1.29, 1.82) is 0 Å². The molecule has 2 aromatic heterocycles. The SMILES string of the molecule is Cc1cc(Nc2nccc(C)n2)cc(-c2cnc(C(C)(O)c3ccc(C(=O)O)c4ccccc34)s2)c1. The maximum Gasteiger partial charge on any atom is 0.336 e. The highest BCUT2D eigenvalue weighted by Crippen LogP contribution is 2.40. The first-order valence-electron chi connectivity index (χ1n) is 11.4. The highest BCUT2D eigenvalue weighted by Gasteiger charge is 2.32. The summed E-state index contributed by atoms with van der Waals surface area (Å²) in [4.78, 5) is 25.9. The van der Waals surface area contributed by atoms with Crippen LogP contribution in [-0.2, 0) is 5.60 Å². The number of carboxylic acids is 1. The fraction of sp³-hybridized carbons (Fsp3) is 0.143. The third-order valence-corrected chi connectivity index (χ3v) is 7.27. The average Bonchev–Trinajstić information content (AvgIpc) is 3.34. The molecule has 3 aromatic carbocycles. The Labute approximate surface area is 212 Å². The van der Waals surface area contributed by atoms with Crippen molar-refractivity contribution in [3.8, 4) is 10.4 Å². The second-order valence-electron chi connectivity index (χ2n) is 8.85. The van der Waals surface area contributed by atoms with E-state index in [1.54, 1.807) is 37.5 Å². The van der Waals surface area contributed by atoms with Crippen LogP contribution in [0.1, 0.15) is 39.1 Å². The number of carbonyl (C=O) groups is 1. The number of hydrogen-bond donors (Lipinski definition) is 3. The molecule has 0 amide bonds. The maximum absolute atomic E-state index is 11.7. The molecule has 0 fully saturated rings. The smallest absolute Gasteiger partial charge is 0.336 e. The standard InChI is InChI=1S/C28H24N4O3S/c1-16-12-18(14-19(13-16)32-27-29-11-10-17(2)31-27)24-15-30-26(36-24)28(3,35)23-9-8-22(25(33)34)20-6-4-5-7-21(20)23/h4-15,35H,1-3H3,(H,33,34)(H,29,31,32). The van der Waals surface area contributed by atoms with Crippen LogP contribution in [0.25, 0.3) is 21.2 Å². The third kappa shape index (κ3) is 4.44. The lowest BCUT2D eigenvalue weighted by molar-refractivity contribution is 0.0698. The summed E-state index contributed by atoms with van der Waals surface area (Å²) in [5.74, 6) is -0.481. The Morgan fingerprint density at radius 1 is 1.00 bits per heavy atom. The van der Waals surface area contributed by atoms with Gasteiger partial charge in [0.1, 0.15) is 10.6 Å². The number of aryl methyl sites for hydroxylation is 2. The third-order valence-electron chi connectivity index (χ3n) is 6.01. The summed E-state index contributed by atoms with van der Waals surface area (Å²) in [5, 5.41) is 26.3. The molecular weight excluding hydrogens is 472 g/mol. The predicted octanol–water partition coefficient (Wildman–Crippen LogP) is 6.07. The van der Waals surface area contributed by atoms with Crippen molar-refractivity contribution in [2.75, 3.05) is 5.32 Å². The number of carboxylic acid groups (broad SMARTS) is 1. The minimum atomic E-state index is -1.42. The van der Waals surface area contributed by atoms with Gasteiger partial charge < -0.3 is 15.5 Å². The second kappa shape index (κ2) is 9.14. The van der Waals surface area contributed by atoms with E-state index < -0.39 is 11.6 Å². The van der Waals surface area contributed by atoms with Gasteiger partial charge in [0, 0.05) is 23.8 Å². The molecule has 0 spiro atoms. The number of aliphatic hydroxyl groups is 1. The molecule has 3 N–H and O–H groups in total. The van der Waals surface area contributed by atoms with Crippen LogP contribution in [0.2, 0.25) is 0 Å². The van der Waals surface area contributed by atoms with Crippen LogP contribution in [0, 0.1) is 13.8 Å². The van der Waals surface area contributed by atoms with E-state index in [0.717, 1.165) is 27.4 Å². The molecule has 0 radical (unpaired) electrons. The number of aromatic carboxylic acids is 1. The number of nitrogens with zero attached hydrogens (tertiary/aromatic N) is 3. The Hall–Kier alpha value is -4.14. The van der Waals surface area contributed by atoms with Crippen molar-refractivity contribution in [2.45, 2.75) is 26.4 Å². The molecule has 5 aromatic rings. The quantitative estimate of drug-likeness (QED) is 0.262. The zero-order chi connectivity index (χ0) is 25.4. The fourth-order valence-electron chi connectivity index (χ4n) is 4.29. The zero-order valence-corrected chi connectivity index (χ0v) is 20.8. The van der Waals surface area contributed by atoms with E-state index in [0.29, 0.717) is 27.3 Å². The summed E-state index contributed by atoms with van der Waals surface area (Å²) in [7, 11) is 0. The number of anilines is 2.